The lowest BCUT2D eigenvalue weighted by molar-refractivity contribution is -0.134. The smallest absolute Gasteiger partial charge is 0.239 e. The molecule has 2 N–H and O–H groups in total. The van der Waals surface area contributed by atoms with Crippen LogP contribution in [0.25, 0.3) is 0 Å². The van der Waals surface area contributed by atoms with Crippen LogP contribution in [0.4, 0.5) is 0 Å². The summed E-state index contributed by atoms with van der Waals surface area (Å²) in [5.41, 5.74) is 5.96. The van der Waals surface area contributed by atoms with E-state index in [0.717, 1.165) is 38.9 Å². The summed E-state index contributed by atoms with van der Waals surface area (Å²) < 4.78 is 4.99. The highest BCUT2D eigenvalue weighted by Gasteiger charge is 2.27. The fraction of sp³-hybridized carbons (Fsp3) is 0.929. The molecule has 1 aliphatic rings. The van der Waals surface area contributed by atoms with Crippen molar-refractivity contribution < 1.29 is 9.53 Å². The highest BCUT2D eigenvalue weighted by atomic mass is 16.5. The predicted octanol–water partition coefficient (Wildman–Crippen LogP) is 0.683. The quantitative estimate of drug-likeness (QED) is 0.692. The van der Waals surface area contributed by atoms with Gasteiger partial charge < -0.3 is 20.3 Å². The summed E-state index contributed by atoms with van der Waals surface area (Å²) in [5.74, 6) is 0.0750. The minimum Gasteiger partial charge on any atom is -0.385 e. The summed E-state index contributed by atoms with van der Waals surface area (Å²) in [5, 5.41) is 0. The summed E-state index contributed by atoms with van der Waals surface area (Å²) in [6, 6.07) is -0.0341. The van der Waals surface area contributed by atoms with Crippen molar-refractivity contribution in [3.8, 4) is 0 Å². The van der Waals surface area contributed by atoms with Crippen LogP contribution in [0.3, 0.4) is 0 Å². The van der Waals surface area contributed by atoms with Gasteiger partial charge >= 0.3 is 0 Å². The molecular weight excluding hydrogens is 242 g/mol. The fourth-order valence-electron chi connectivity index (χ4n) is 2.64. The number of piperidine rings is 1. The number of methoxy groups -OCH3 is 1. The predicted molar refractivity (Wildman–Crippen MR) is 77.0 cm³/mol. The van der Waals surface area contributed by atoms with Gasteiger partial charge in [-0.3, -0.25) is 4.79 Å². The van der Waals surface area contributed by atoms with Crippen molar-refractivity contribution in [1.82, 2.24) is 9.80 Å². The number of nitrogens with two attached hydrogens (primary N) is 1. The Hall–Kier alpha value is -0.650. The zero-order chi connectivity index (χ0) is 14.3. The molecule has 0 radical (unpaired) electrons. The first-order valence-corrected chi connectivity index (χ1v) is 7.33. The van der Waals surface area contributed by atoms with Gasteiger partial charge in [0.1, 0.15) is 0 Å². The van der Waals surface area contributed by atoms with Crippen molar-refractivity contribution in [3.63, 3.8) is 0 Å². The van der Waals surface area contributed by atoms with Gasteiger partial charge in [0.05, 0.1) is 6.04 Å². The Kier molecular flexibility index (Phi) is 7.34. The Balaban J connectivity index is 2.35. The van der Waals surface area contributed by atoms with E-state index in [2.05, 4.69) is 11.8 Å². The van der Waals surface area contributed by atoms with Crippen LogP contribution >= 0.6 is 0 Å². The fourth-order valence-corrected chi connectivity index (χ4v) is 2.64. The Morgan fingerprint density at radius 2 is 2.11 bits per heavy atom. The molecule has 1 heterocycles. The molecular formula is C14H29N3O2. The number of likely N-dealkylation sites (N-methyl/N-ethyl adjacent to an activating group) is 1. The van der Waals surface area contributed by atoms with E-state index in [0.29, 0.717) is 19.1 Å². The zero-order valence-electron chi connectivity index (χ0n) is 12.6. The van der Waals surface area contributed by atoms with Crippen molar-refractivity contribution in [3.05, 3.63) is 0 Å². The number of rotatable bonds is 7. The largest absolute Gasteiger partial charge is 0.385 e. The van der Waals surface area contributed by atoms with E-state index in [9.17, 15) is 4.79 Å². The summed E-state index contributed by atoms with van der Waals surface area (Å²) in [7, 11) is 3.56. The van der Waals surface area contributed by atoms with E-state index in [1.807, 2.05) is 11.9 Å². The van der Waals surface area contributed by atoms with E-state index in [1.54, 1.807) is 7.11 Å². The number of amides is 1. The van der Waals surface area contributed by atoms with Gasteiger partial charge in [0.2, 0.25) is 5.91 Å². The first-order valence-electron chi connectivity index (χ1n) is 7.33. The minimum atomic E-state index is -0.385. The lowest BCUT2D eigenvalue weighted by Crippen LogP contribution is -2.50. The van der Waals surface area contributed by atoms with Gasteiger partial charge in [-0.05, 0) is 32.2 Å². The average Bonchev–Trinajstić information content (AvgIpc) is 2.46. The number of likely N-dealkylation sites (tertiary alicyclic amines) is 1. The second-order valence-corrected chi connectivity index (χ2v) is 5.36. The van der Waals surface area contributed by atoms with Crippen LogP contribution in [0, 0.1) is 0 Å². The third kappa shape index (κ3) is 5.09. The first kappa shape index (κ1) is 16.4. The second-order valence-electron chi connectivity index (χ2n) is 5.36. The molecule has 1 fully saturated rings. The molecule has 0 aromatic rings. The van der Waals surface area contributed by atoms with Crippen molar-refractivity contribution in [2.75, 3.05) is 40.4 Å². The third-order valence-electron chi connectivity index (χ3n) is 4.08. The molecule has 0 aromatic carbocycles. The van der Waals surface area contributed by atoms with Gasteiger partial charge in [-0.25, -0.2) is 0 Å². The Labute approximate surface area is 117 Å². The number of hydrogen-bond donors (Lipinski definition) is 1. The normalized spacial score (nSPS) is 19.4. The highest BCUT2D eigenvalue weighted by Crippen LogP contribution is 2.16. The summed E-state index contributed by atoms with van der Waals surface area (Å²) in [4.78, 5) is 16.5. The molecule has 0 bridgehead atoms. The summed E-state index contributed by atoms with van der Waals surface area (Å²) in [6.45, 7) is 6.11. The topological polar surface area (TPSA) is 58.8 Å². The number of hydrogen-bond acceptors (Lipinski definition) is 4. The summed E-state index contributed by atoms with van der Waals surface area (Å²) >= 11 is 0. The number of nitrogens with zero attached hydrogens (tertiary/aromatic N) is 2. The Bertz CT molecular complexity index is 265. The first-order chi connectivity index (χ1) is 9.10. The van der Waals surface area contributed by atoms with E-state index < -0.39 is 0 Å². The van der Waals surface area contributed by atoms with Crippen LogP contribution in [0.1, 0.15) is 32.6 Å². The SMILES string of the molecule is CCN1CCC(N(C)C(=O)C(N)CCCOC)CC1. The van der Waals surface area contributed by atoms with Crippen LogP contribution in [-0.2, 0) is 9.53 Å². The molecule has 0 aromatic heterocycles. The number of carbonyl (C=O) groups excluding carboxylic acids is 1. The molecule has 19 heavy (non-hydrogen) atoms. The van der Waals surface area contributed by atoms with Gasteiger partial charge in [-0.15, -0.1) is 0 Å². The summed E-state index contributed by atoms with van der Waals surface area (Å²) in [6.07, 6.45) is 3.65. The second kappa shape index (κ2) is 8.51. The average molecular weight is 271 g/mol. The molecule has 112 valence electrons. The van der Waals surface area contributed by atoms with Gasteiger partial charge in [0.15, 0.2) is 0 Å². The van der Waals surface area contributed by atoms with Crippen molar-refractivity contribution in [2.45, 2.75) is 44.7 Å². The lowest BCUT2D eigenvalue weighted by Gasteiger charge is -2.37. The van der Waals surface area contributed by atoms with Gasteiger partial charge in [0, 0.05) is 39.9 Å². The molecule has 1 amide bonds. The molecule has 1 atom stereocenters. The number of carbonyl (C=O) groups is 1. The maximum absolute atomic E-state index is 12.2. The van der Waals surface area contributed by atoms with E-state index >= 15 is 0 Å². The standard InChI is InChI=1S/C14H29N3O2/c1-4-17-9-7-12(8-10-17)16(2)14(18)13(15)6-5-11-19-3/h12-13H,4-11,15H2,1-3H3. The van der Waals surface area contributed by atoms with Crippen LogP contribution in [0.2, 0.25) is 0 Å². The molecule has 0 aliphatic carbocycles. The molecule has 1 rings (SSSR count). The van der Waals surface area contributed by atoms with Gasteiger partial charge in [-0.1, -0.05) is 6.92 Å². The van der Waals surface area contributed by atoms with Gasteiger partial charge in [-0.2, -0.15) is 0 Å². The number of ether oxygens (including phenoxy) is 1. The van der Waals surface area contributed by atoms with Crippen molar-refractivity contribution in [1.29, 1.82) is 0 Å². The zero-order valence-corrected chi connectivity index (χ0v) is 12.6. The van der Waals surface area contributed by atoms with E-state index in [-0.39, 0.29) is 11.9 Å². The Morgan fingerprint density at radius 3 is 2.63 bits per heavy atom. The third-order valence-corrected chi connectivity index (χ3v) is 4.08. The Morgan fingerprint density at radius 1 is 1.47 bits per heavy atom. The molecule has 5 nitrogen and oxygen atoms in total. The highest BCUT2D eigenvalue weighted by molar-refractivity contribution is 5.81. The van der Waals surface area contributed by atoms with Crippen molar-refractivity contribution >= 4 is 5.91 Å². The molecule has 1 saturated heterocycles. The molecule has 1 aliphatic heterocycles. The van der Waals surface area contributed by atoms with Crippen LogP contribution in [0.5, 0.6) is 0 Å². The lowest BCUT2D eigenvalue weighted by atomic mass is 10.0. The van der Waals surface area contributed by atoms with E-state index in [4.69, 9.17) is 10.5 Å². The maximum Gasteiger partial charge on any atom is 0.239 e. The van der Waals surface area contributed by atoms with Crippen molar-refractivity contribution in [2.24, 2.45) is 5.73 Å². The molecule has 0 saturated carbocycles. The van der Waals surface area contributed by atoms with Crippen LogP contribution < -0.4 is 5.73 Å². The molecule has 1 unspecified atom stereocenters. The minimum absolute atomic E-state index is 0.0750. The molecule has 0 spiro atoms. The van der Waals surface area contributed by atoms with Crippen LogP contribution in [0.15, 0.2) is 0 Å². The molecule has 5 heteroatoms. The monoisotopic (exact) mass is 271 g/mol. The maximum atomic E-state index is 12.2. The van der Waals surface area contributed by atoms with E-state index in [1.165, 1.54) is 0 Å². The van der Waals surface area contributed by atoms with Gasteiger partial charge in [0.25, 0.3) is 0 Å². The van der Waals surface area contributed by atoms with Crippen LogP contribution in [-0.4, -0.2) is 68.2 Å².